The second-order valence-electron chi connectivity index (χ2n) is 16.7. The van der Waals surface area contributed by atoms with Gasteiger partial charge in [-0.1, -0.05) is 37.4 Å². The average molecular weight is 885 g/mol. The van der Waals surface area contributed by atoms with Crippen molar-refractivity contribution < 1.29 is 24.0 Å². The molecule has 0 bridgehead atoms. The molecule has 6 heterocycles. The van der Waals surface area contributed by atoms with Crippen LogP contribution < -0.4 is 15.5 Å². The van der Waals surface area contributed by atoms with E-state index < -0.39 is 6.04 Å². The molecule has 330 valence electrons. The molecule has 4 aliphatic rings. The van der Waals surface area contributed by atoms with Gasteiger partial charge in [0.1, 0.15) is 16.8 Å². The van der Waals surface area contributed by atoms with Crippen molar-refractivity contribution in [3.05, 3.63) is 81.7 Å². The summed E-state index contributed by atoms with van der Waals surface area (Å²) in [6.45, 7) is 11.2. The Morgan fingerprint density at radius 3 is 2.55 bits per heavy atom. The Bertz CT molecular complexity index is 2150. The summed E-state index contributed by atoms with van der Waals surface area (Å²) in [6.07, 6.45) is 15.1. The molecule has 62 heavy (non-hydrogen) atoms. The van der Waals surface area contributed by atoms with Crippen LogP contribution in [0, 0.1) is 12.8 Å². The first kappa shape index (κ1) is 45.2. The van der Waals surface area contributed by atoms with Crippen LogP contribution in [0.1, 0.15) is 108 Å². The van der Waals surface area contributed by atoms with Gasteiger partial charge >= 0.3 is 0 Å². The summed E-state index contributed by atoms with van der Waals surface area (Å²) in [6, 6.07) is 7.22. The molecule has 2 aromatic heterocycles. The monoisotopic (exact) mass is 883 g/mol. The fourth-order valence-corrected chi connectivity index (χ4v) is 10.1. The van der Waals surface area contributed by atoms with Crippen molar-refractivity contribution in [3.8, 4) is 0 Å². The number of anilines is 1. The lowest BCUT2D eigenvalue weighted by atomic mass is 9.91. The number of halogens is 1. The summed E-state index contributed by atoms with van der Waals surface area (Å²) in [5.74, 6) is 0.403. The Balaban J connectivity index is 0.780. The molecule has 0 radical (unpaired) electrons. The molecule has 3 aromatic rings. The van der Waals surface area contributed by atoms with Crippen molar-refractivity contribution in [2.45, 2.75) is 95.5 Å². The minimum Gasteiger partial charge on any atom is -0.367 e. The van der Waals surface area contributed by atoms with Gasteiger partial charge in [-0.3, -0.25) is 44.2 Å². The largest absolute Gasteiger partial charge is 0.367 e. The lowest BCUT2D eigenvalue weighted by molar-refractivity contribution is -0.137. The van der Waals surface area contributed by atoms with Gasteiger partial charge in [0.2, 0.25) is 11.8 Å². The highest BCUT2D eigenvalue weighted by Gasteiger charge is 2.40. The Labute approximate surface area is 373 Å². The lowest BCUT2D eigenvalue weighted by Crippen LogP contribution is -2.52. The van der Waals surface area contributed by atoms with E-state index in [1.165, 1.54) is 6.08 Å². The topological polar surface area (TPSA) is 161 Å². The predicted octanol–water partition coefficient (Wildman–Crippen LogP) is 5.62. The van der Waals surface area contributed by atoms with Crippen molar-refractivity contribution in [1.29, 1.82) is 0 Å². The molecule has 0 spiro atoms. The van der Waals surface area contributed by atoms with Crippen molar-refractivity contribution in [3.63, 3.8) is 0 Å². The van der Waals surface area contributed by atoms with Crippen LogP contribution in [0.15, 0.2) is 52.8 Å². The van der Waals surface area contributed by atoms with Gasteiger partial charge in [0.05, 0.1) is 29.5 Å². The van der Waals surface area contributed by atoms with Crippen LogP contribution in [0.2, 0.25) is 0 Å². The molecule has 1 atom stereocenters. The van der Waals surface area contributed by atoms with E-state index in [1.807, 2.05) is 36.2 Å². The molecule has 1 aromatic carbocycles. The normalized spacial score (nSPS) is 18.9. The van der Waals surface area contributed by atoms with Crippen molar-refractivity contribution >= 4 is 64.7 Å². The standard InChI is InChI=1S/C46H58ClN9O5S/c1-3-33-25-38(46(61)55-18-14-32(15-19-55)9-4-5-16-49-43(58)37(47)26-34-28-48-27-31(2)51-34)50-29-40(33)54-22-20-53(21-23-54)17-6-7-24-62-41-11-8-10-35-36(41)30-56(45(35)60)39-12-13-42(57)52-44(39)59/h8,10-11,25-29,32,39H,3-7,9,12-24,30H2,1-2H3,(H,49,58)(H,52,57,59)/b37-26-. The number of imide groups is 1. The molecule has 2 N–H and O–H groups in total. The van der Waals surface area contributed by atoms with Gasteiger partial charge in [0.25, 0.3) is 17.7 Å². The van der Waals surface area contributed by atoms with E-state index >= 15 is 0 Å². The Kier molecular flexibility index (Phi) is 15.7. The molecule has 0 aliphatic carbocycles. The zero-order valence-electron chi connectivity index (χ0n) is 35.9. The number of rotatable bonds is 17. The number of hydrogen-bond donors (Lipinski definition) is 2. The first-order valence-electron chi connectivity index (χ1n) is 22.2. The molecule has 0 saturated carbocycles. The maximum absolute atomic E-state index is 13.6. The van der Waals surface area contributed by atoms with E-state index in [4.69, 9.17) is 16.6 Å². The zero-order chi connectivity index (χ0) is 43.6. The van der Waals surface area contributed by atoms with E-state index in [9.17, 15) is 24.0 Å². The van der Waals surface area contributed by atoms with Gasteiger partial charge in [-0.2, -0.15) is 0 Å². The quantitative estimate of drug-likeness (QED) is 0.0750. The third-order valence-electron chi connectivity index (χ3n) is 12.4. The number of nitrogens with one attached hydrogen (secondary N) is 2. The third-order valence-corrected chi connectivity index (χ3v) is 13.9. The molecule has 1 unspecified atom stereocenters. The number of piperidine rings is 2. The second-order valence-corrected chi connectivity index (χ2v) is 18.2. The molecule has 14 nitrogen and oxygen atoms in total. The van der Waals surface area contributed by atoms with E-state index in [2.05, 4.69) is 43.4 Å². The van der Waals surface area contributed by atoms with Gasteiger partial charge in [-0.25, -0.2) is 4.98 Å². The summed E-state index contributed by atoms with van der Waals surface area (Å²) in [5, 5.41) is 5.36. The van der Waals surface area contributed by atoms with E-state index in [-0.39, 0.29) is 41.0 Å². The Morgan fingerprint density at radius 2 is 1.79 bits per heavy atom. The summed E-state index contributed by atoms with van der Waals surface area (Å²) < 4.78 is 0. The Morgan fingerprint density at radius 1 is 0.984 bits per heavy atom. The number of likely N-dealkylation sites (tertiary alicyclic amines) is 1. The zero-order valence-corrected chi connectivity index (χ0v) is 37.4. The third kappa shape index (κ3) is 11.4. The van der Waals surface area contributed by atoms with E-state index in [0.717, 1.165) is 130 Å². The van der Waals surface area contributed by atoms with Crippen LogP contribution in [0.3, 0.4) is 0 Å². The molecule has 5 amide bonds. The maximum atomic E-state index is 13.6. The number of piperazine rings is 1. The SMILES string of the molecule is CCc1cc(C(=O)N2CCC(CCCCNC(=O)/C(Cl)=C/c3cncc(C)n3)CC2)ncc1N1CCN(CCCCSc2cccc3c2CN(C2CCC(=O)NC2=O)C3=O)CC1. The molecular formula is C46H58ClN9O5S. The highest BCUT2D eigenvalue weighted by Crippen LogP contribution is 2.35. The number of thioether (sulfide) groups is 1. The maximum Gasteiger partial charge on any atom is 0.272 e. The number of carbonyl (C=O) groups excluding carboxylic acids is 5. The molecule has 7 rings (SSSR count). The number of carbonyl (C=O) groups is 5. The first-order chi connectivity index (χ1) is 30.1. The number of benzene rings is 1. The minimum atomic E-state index is -0.603. The van der Waals surface area contributed by atoms with Crippen LogP contribution in [0.25, 0.3) is 6.08 Å². The van der Waals surface area contributed by atoms with Gasteiger partial charge in [-0.15, -0.1) is 11.8 Å². The average Bonchev–Trinajstić information content (AvgIpc) is 3.62. The van der Waals surface area contributed by atoms with Crippen LogP contribution in [-0.2, 0) is 27.3 Å². The van der Waals surface area contributed by atoms with Gasteiger partial charge in [-0.05, 0) is 105 Å². The Hall–Kier alpha value is -4.86. The highest BCUT2D eigenvalue weighted by molar-refractivity contribution is 7.99. The molecule has 3 fully saturated rings. The van der Waals surface area contributed by atoms with Gasteiger partial charge < -0.3 is 20.0 Å². The molecule has 16 heteroatoms. The minimum absolute atomic E-state index is 0.0105. The number of fused-ring (bicyclic) bond motifs is 1. The summed E-state index contributed by atoms with van der Waals surface area (Å²) >= 11 is 7.96. The highest BCUT2D eigenvalue weighted by atomic mass is 35.5. The van der Waals surface area contributed by atoms with E-state index in [1.54, 1.807) is 29.1 Å². The molecular weight excluding hydrogens is 826 g/mol. The number of aryl methyl sites for hydroxylation is 2. The molecule has 3 saturated heterocycles. The number of hydrogen-bond acceptors (Lipinski definition) is 11. The van der Waals surface area contributed by atoms with Crippen molar-refractivity contribution in [1.82, 2.24) is 40.3 Å². The molecule has 4 aliphatic heterocycles. The second kappa shape index (κ2) is 21.5. The summed E-state index contributed by atoms with van der Waals surface area (Å²) in [5.41, 5.74) is 5.76. The van der Waals surface area contributed by atoms with Crippen molar-refractivity contribution in [2.24, 2.45) is 5.92 Å². The fraction of sp³-hybridized carbons (Fsp3) is 0.522. The first-order valence-corrected chi connectivity index (χ1v) is 23.5. The van der Waals surface area contributed by atoms with Crippen LogP contribution in [-0.4, -0.2) is 123 Å². The summed E-state index contributed by atoms with van der Waals surface area (Å²) in [7, 11) is 0. The predicted molar refractivity (Wildman–Crippen MR) is 241 cm³/mol. The number of pyridine rings is 1. The van der Waals surface area contributed by atoms with E-state index in [0.29, 0.717) is 42.4 Å². The number of aromatic nitrogens is 3. The van der Waals surface area contributed by atoms with Gasteiger partial charge in [0, 0.05) is 75.4 Å². The summed E-state index contributed by atoms with van der Waals surface area (Å²) in [4.78, 5) is 86.0. The number of amides is 5. The van der Waals surface area contributed by atoms with Crippen molar-refractivity contribution in [2.75, 3.05) is 63.0 Å². The van der Waals surface area contributed by atoms with Crippen LogP contribution >= 0.6 is 23.4 Å². The lowest BCUT2D eigenvalue weighted by Gasteiger charge is -2.37. The number of nitrogens with zero attached hydrogens (tertiary/aromatic N) is 7. The van der Waals surface area contributed by atoms with Gasteiger partial charge in [0.15, 0.2) is 0 Å². The number of unbranched alkanes of at least 4 members (excludes halogenated alkanes) is 2. The fourth-order valence-electron chi connectivity index (χ4n) is 8.88. The smallest absolute Gasteiger partial charge is 0.272 e. The van der Waals surface area contributed by atoms with Crippen LogP contribution in [0.5, 0.6) is 0 Å². The van der Waals surface area contributed by atoms with Crippen LogP contribution in [0.4, 0.5) is 5.69 Å².